The zero-order chi connectivity index (χ0) is 19.8. The van der Waals surface area contributed by atoms with Crippen LogP contribution in [0.3, 0.4) is 0 Å². The molecule has 2 fully saturated rings. The van der Waals surface area contributed by atoms with Crippen molar-refractivity contribution in [2.45, 2.75) is 83.3 Å². The number of fused-ring (bicyclic) bond motifs is 1. The number of amides is 1. The lowest BCUT2D eigenvalue weighted by atomic mass is 10.1. The zero-order valence-electron chi connectivity index (χ0n) is 17.3. The molecule has 7 heteroatoms. The Bertz CT molecular complexity index is 876. The number of furan rings is 1. The van der Waals surface area contributed by atoms with Crippen molar-refractivity contribution in [2.75, 3.05) is 13.1 Å². The molecular weight excluding hydrogens is 366 g/mol. The maximum absolute atomic E-state index is 12.9. The summed E-state index contributed by atoms with van der Waals surface area (Å²) in [6.45, 7) is 6.15. The summed E-state index contributed by atoms with van der Waals surface area (Å²) in [6, 6.07) is 2.11. The molecule has 7 nitrogen and oxygen atoms in total. The van der Waals surface area contributed by atoms with Crippen LogP contribution in [0.4, 0.5) is 0 Å². The number of carbonyl (C=O) groups is 1. The van der Waals surface area contributed by atoms with Crippen LogP contribution in [0, 0.1) is 0 Å². The lowest BCUT2D eigenvalue weighted by Crippen LogP contribution is -2.35. The fourth-order valence-electron chi connectivity index (χ4n) is 4.75. The summed E-state index contributed by atoms with van der Waals surface area (Å²) in [7, 11) is 0. The van der Waals surface area contributed by atoms with Gasteiger partial charge in [-0.15, -0.1) is 10.2 Å². The highest BCUT2D eigenvalue weighted by Gasteiger charge is 2.32. The smallest absolute Gasteiger partial charge is 0.287 e. The predicted molar refractivity (Wildman–Crippen MR) is 109 cm³/mol. The van der Waals surface area contributed by atoms with Crippen LogP contribution >= 0.6 is 0 Å². The van der Waals surface area contributed by atoms with Gasteiger partial charge in [0.2, 0.25) is 0 Å². The fourth-order valence-corrected chi connectivity index (χ4v) is 4.75. The normalized spacial score (nSPS) is 22.4. The lowest BCUT2D eigenvalue weighted by molar-refractivity contribution is 0.0903. The molecule has 1 aliphatic carbocycles. The van der Waals surface area contributed by atoms with Gasteiger partial charge in [0.05, 0.1) is 0 Å². The average molecular weight is 398 g/mol. The summed E-state index contributed by atoms with van der Waals surface area (Å²) in [5, 5.41) is 12.0. The van der Waals surface area contributed by atoms with Gasteiger partial charge in [0.25, 0.3) is 5.91 Å². The van der Waals surface area contributed by atoms with Crippen molar-refractivity contribution in [1.29, 1.82) is 0 Å². The van der Waals surface area contributed by atoms with Crippen molar-refractivity contribution in [2.24, 2.45) is 0 Å². The number of aromatic nitrogens is 3. The van der Waals surface area contributed by atoms with E-state index in [0.717, 1.165) is 69.3 Å². The third-order valence-electron chi connectivity index (χ3n) is 6.59. The quantitative estimate of drug-likeness (QED) is 0.811. The molecule has 1 N–H and O–H groups in total. The Balaban J connectivity index is 1.23. The first-order valence-corrected chi connectivity index (χ1v) is 11.3. The SMILES string of the molecule is CCc1oc(C(=O)NC2CCc3nnc(C4CC4)n3CC2)cc1CN1CCCC1. The topological polar surface area (TPSA) is 76.2 Å². The first-order valence-electron chi connectivity index (χ1n) is 11.3. The van der Waals surface area contributed by atoms with Crippen molar-refractivity contribution in [1.82, 2.24) is 25.0 Å². The number of likely N-dealkylation sites (tertiary alicyclic amines) is 1. The first kappa shape index (κ1) is 18.9. The van der Waals surface area contributed by atoms with Crippen LogP contribution in [0.2, 0.25) is 0 Å². The summed E-state index contributed by atoms with van der Waals surface area (Å²) >= 11 is 0. The second-order valence-corrected chi connectivity index (χ2v) is 8.79. The van der Waals surface area contributed by atoms with Gasteiger partial charge >= 0.3 is 0 Å². The van der Waals surface area contributed by atoms with E-state index in [1.54, 1.807) is 0 Å². The molecule has 0 bridgehead atoms. The Morgan fingerprint density at radius 3 is 2.76 bits per heavy atom. The Labute approximate surface area is 171 Å². The van der Waals surface area contributed by atoms with E-state index >= 15 is 0 Å². The van der Waals surface area contributed by atoms with Crippen LogP contribution in [0.1, 0.15) is 84.9 Å². The summed E-state index contributed by atoms with van der Waals surface area (Å²) in [6.07, 6.45) is 8.50. The Kier molecular flexibility index (Phi) is 5.16. The molecule has 2 aromatic rings. The van der Waals surface area contributed by atoms with Gasteiger partial charge in [0.15, 0.2) is 5.76 Å². The van der Waals surface area contributed by atoms with Crippen molar-refractivity contribution in [3.05, 3.63) is 34.8 Å². The van der Waals surface area contributed by atoms with Crippen molar-refractivity contribution >= 4 is 5.91 Å². The molecular formula is C22H31N5O2. The molecule has 1 atom stereocenters. The van der Waals surface area contributed by atoms with E-state index < -0.39 is 0 Å². The highest BCUT2D eigenvalue weighted by atomic mass is 16.4. The van der Waals surface area contributed by atoms with Gasteiger partial charge in [0.1, 0.15) is 17.4 Å². The third-order valence-corrected chi connectivity index (χ3v) is 6.59. The Hall–Kier alpha value is -2.15. The molecule has 1 saturated heterocycles. The summed E-state index contributed by atoms with van der Waals surface area (Å²) < 4.78 is 8.24. The van der Waals surface area contributed by atoms with Crippen LogP contribution in [-0.4, -0.2) is 44.7 Å². The van der Waals surface area contributed by atoms with Crippen molar-refractivity contribution < 1.29 is 9.21 Å². The number of hydrogen-bond acceptors (Lipinski definition) is 5. The number of aryl methyl sites for hydroxylation is 2. The van der Waals surface area contributed by atoms with Crippen molar-refractivity contribution in [3.8, 4) is 0 Å². The standard InChI is InChI=1S/C22H31N5O2/c1-2-18-16(14-26-10-3-4-11-26)13-19(29-18)22(28)23-17-7-8-20-24-25-21(15-5-6-15)27(20)12-9-17/h13,15,17H,2-12,14H2,1H3,(H,23,28). The molecule has 0 radical (unpaired) electrons. The maximum Gasteiger partial charge on any atom is 0.287 e. The van der Waals surface area contributed by atoms with Gasteiger partial charge in [-0.05, 0) is 57.7 Å². The summed E-state index contributed by atoms with van der Waals surface area (Å²) in [5.74, 6) is 4.14. The third kappa shape index (κ3) is 3.97. The molecule has 2 aromatic heterocycles. The lowest BCUT2D eigenvalue weighted by Gasteiger charge is -2.15. The van der Waals surface area contributed by atoms with Crippen LogP contribution in [0.25, 0.3) is 0 Å². The van der Waals surface area contributed by atoms with Gasteiger partial charge in [-0.2, -0.15) is 0 Å². The summed E-state index contributed by atoms with van der Waals surface area (Å²) in [4.78, 5) is 15.3. The minimum absolute atomic E-state index is 0.0857. The van der Waals surface area contributed by atoms with E-state index in [1.807, 2.05) is 6.07 Å². The maximum atomic E-state index is 12.9. The van der Waals surface area contributed by atoms with Gasteiger partial charge in [0, 0.05) is 43.5 Å². The molecule has 0 aromatic carbocycles. The van der Waals surface area contributed by atoms with Gasteiger partial charge in [-0.1, -0.05) is 6.92 Å². The number of nitrogens with one attached hydrogen (secondary N) is 1. The molecule has 29 heavy (non-hydrogen) atoms. The van der Waals surface area contributed by atoms with E-state index in [2.05, 4.69) is 31.9 Å². The number of nitrogens with zero attached hydrogens (tertiary/aromatic N) is 4. The van der Waals surface area contributed by atoms with E-state index in [0.29, 0.717) is 11.7 Å². The molecule has 1 unspecified atom stereocenters. The minimum Gasteiger partial charge on any atom is -0.456 e. The number of carbonyl (C=O) groups excluding carboxylic acids is 1. The molecule has 3 aliphatic rings. The molecule has 1 saturated carbocycles. The number of hydrogen-bond donors (Lipinski definition) is 1. The largest absolute Gasteiger partial charge is 0.456 e. The van der Waals surface area contributed by atoms with Gasteiger partial charge in [-0.3, -0.25) is 9.69 Å². The number of rotatable bonds is 6. The molecule has 2 aliphatic heterocycles. The van der Waals surface area contributed by atoms with Gasteiger partial charge in [-0.25, -0.2) is 0 Å². The van der Waals surface area contributed by atoms with E-state index in [4.69, 9.17) is 4.42 Å². The second kappa shape index (κ2) is 7.94. The molecule has 4 heterocycles. The van der Waals surface area contributed by atoms with Crippen LogP contribution in [-0.2, 0) is 25.9 Å². The summed E-state index contributed by atoms with van der Waals surface area (Å²) in [5.41, 5.74) is 1.17. The van der Waals surface area contributed by atoms with Crippen molar-refractivity contribution in [3.63, 3.8) is 0 Å². The van der Waals surface area contributed by atoms with Crippen LogP contribution in [0.15, 0.2) is 10.5 Å². The Morgan fingerprint density at radius 1 is 1.17 bits per heavy atom. The van der Waals surface area contributed by atoms with Gasteiger partial charge < -0.3 is 14.3 Å². The molecule has 1 amide bonds. The zero-order valence-corrected chi connectivity index (χ0v) is 17.3. The van der Waals surface area contributed by atoms with Crippen LogP contribution < -0.4 is 5.32 Å². The van der Waals surface area contributed by atoms with E-state index in [9.17, 15) is 4.79 Å². The average Bonchev–Trinajstić information content (AvgIpc) is 3.15. The first-order chi connectivity index (χ1) is 14.2. The molecule has 156 valence electrons. The molecule has 5 rings (SSSR count). The fraction of sp³-hybridized carbons (Fsp3) is 0.682. The second-order valence-electron chi connectivity index (χ2n) is 8.79. The Morgan fingerprint density at radius 2 is 2.00 bits per heavy atom. The highest BCUT2D eigenvalue weighted by molar-refractivity contribution is 5.92. The van der Waals surface area contributed by atoms with E-state index in [-0.39, 0.29) is 11.9 Å². The molecule has 0 spiro atoms. The predicted octanol–water partition coefficient (Wildman–Crippen LogP) is 3.04. The van der Waals surface area contributed by atoms with Crippen LogP contribution in [0.5, 0.6) is 0 Å². The highest BCUT2D eigenvalue weighted by Crippen LogP contribution is 2.39. The van der Waals surface area contributed by atoms with E-state index in [1.165, 1.54) is 31.2 Å². The monoisotopic (exact) mass is 397 g/mol. The minimum atomic E-state index is -0.0857.